The number of carbonyl (C=O) groups excluding carboxylic acids is 1. The van der Waals surface area contributed by atoms with Crippen molar-refractivity contribution < 1.29 is 9.18 Å². The summed E-state index contributed by atoms with van der Waals surface area (Å²) in [6.07, 6.45) is 1.83. The predicted octanol–water partition coefficient (Wildman–Crippen LogP) is 4.88. The van der Waals surface area contributed by atoms with E-state index in [0.29, 0.717) is 6.54 Å². The van der Waals surface area contributed by atoms with Crippen LogP contribution in [-0.2, 0) is 4.79 Å². The standard InChI is InChI=1S/C16H20Cl2FNO/c1-16(2,3)15(21)20-6-4-5-10(9-20)11-7-12(17)14(18)13(19)8-11/h7-8,10H,4-6,9H2,1-3H3. The van der Waals surface area contributed by atoms with E-state index < -0.39 is 11.2 Å². The molecular formula is C16H20Cl2FNO. The predicted molar refractivity (Wildman–Crippen MR) is 84.4 cm³/mol. The third-order valence-corrected chi connectivity index (χ3v) is 4.61. The Morgan fingerprint density at radius 2 is 2.00 bits per heavy atom. The lowest BCUT2D eigenvalue weighted by molar-refractivity contribution is -0.140. The number of benzene rings is 1. The molecule has 1 heterocycles. The molecule has 1 aromatic rings. The number of rotatable bonds is 1. The molecule has 1 unspecified atom stereocenters. The maximum Gasteiger partial charge on any atom is 0.227 e. The summed E-state index contributed by atoms with van der Waals surface area (Å²) in [4.78, 5) is 14.3. The molecule has 1 saturated heterocycles. The Hall–Kier alpha value is -0.800. The summed E-state index contributed by atoms with van der Waals surface area (Å²) in [6.45, 7) is 7.11. The molecule has 0 aliphatic carbocycles. The first-order chi connectivity index (χ1) is 9.70. The van der Waals surface area contributed by atoms with Crippen molar-refractivity contribution in [1.29, 1.82) is 0 Å². The Morgan fingerprint density at radius 3 is 2.57 bits per heavy atom. The second kappa shape index (κ2) is 6.13. The molecule has 1 aliphatic rings. The quantitative estimate of drug-likeness (QED) is 0.671. The summed E-state index contributed by atoms with van der Waals surface area (Å²) in [5.74, 6) is -0.263. The molecule has 116 valence electrons. The first kappa shape index (κ1) is 16.6. The second-order valence-corrected chi connectivity index (χ2v) is 7.42. The Balaban J connectivity index is 2.20. The molecule has 2 nitrogen and oxygen atoms in total. The van der Waals surface area contributed by atoms with Gasteiger partial charge in [-0.1, -0.05) is 44.0 Å². The number of piperidine rings is 1. The van der Waals surface area contributed by atoms with Crippen molar-refractivity contribution in [1.82, 2.24) is 4.90 Å². The number of carbonyl (C=O) groups is 1. The van der Waals surface area contributed by atoms with Gasteiger partial charge in [-0.15, -0.1) is 0 Å². The lowest BCUT2D eigenvalue weighted by Crippen LogP contribution is -2.44. The van der Waals surface area contributed by atoms with Crippen LogP contribution >= 0.6 is 23.2 Å². The molecular weight excluding hydrogens is 312 g/mol. The van der Waals surface area contributed by atoms with Gasteiger partial charge < -0.3 is 4.90 Å². The highest BCUT2D eigenvalue weighted by molar-refractivity contribution is 6.42. The van der Waals surface area contributed by atoms with Crippen molar-refractivity contribution in [3.05, 3.63) is 33.6 Å². The fraction of sp³-hybridized carbons (Fsp3) is 0.562. The van der Waals surface area contributed by atoms with Crippen molar-refractivity contribution in [3.8, 4) is 0 Å². The summed E-state index contributed by atoms with van der Waals surface area (Å²) in [5, 5.41) is 0.185. The highest BCUT2D eigenvalue weighted by Gasteiger charge is 2.31. The summed E-state index contributed by atoms with van der Waals surface area (Å²) in [5.41, 5.74) is 0.415. The van der Waals surface area contributed by atoms with Gasteiger partial charge >= 0.3 is 0 Å². The zero-order valence-corrected chi connectivity index (χ0v) is 14.1. The maximum absolute atomic E-state index is 13.7. The summed E-state index contributed by atoms with van der Waals surface area (Å²) >= 11 is 11.7. The van der Waals surface area contributed by atoms with E-state index in [-0.39, 0.29) is 21.9 Å². The van der Waals surface area contributed by atoms with Crippen molar-refractivity contribution in [3.63, 3.8) is 0 Å². The lowest BCUT2D eigenvalue weighted by Gasteiger charge is -2.36. The molecule has 0 radical (unpaired) electrons. The van der Waals surface area contributed by atoms with Gasteiger partial charge in [-0.2, -0.15) is 0 Å². The Kier molecular flexibility index (Phi) is 4.84. The minimum Gasteiger partial charge on any atom is -0.342 e. The third-order valence-electron chi connectivity index (χ3n) is 3.83. The molecule has 0 bridgehead atoms. The first-order valence-electron chi connectivity index (χ1n) is 7.14. The van der Waals surface area contributed by atoms with E-state index in [1.54, 1.807) is 6.07 Å². The highest BCUT2D eigenvalue weighted by atomic mass is 35.5. The van der Waals surface area contributed by atoms with Gasteiger partial charge in [0.1, 0.15) is 5.82 Å². The molecule has 1 aromatic carbocycles. The van der Waals surface area contributed by atoms with Gasteiger partial charge in [0.2, 0.25) is 5.91 Å². The van der Waals surface area contributed by atoms with Gasteiger partial charge in [0.15, 0.2) is 0 Å². The van der Waals surface area contributed by atoms with Gasteiger partial charge in [0.05, 0.1) is 10.0 Å². The smallest absolute Gasteiger partial charge is 0.227 e. The summed E-state index contributed by atoms with van der Waals surface area (Å²) < 4.78 is 13.7. The molecule has 1 amide bonds. The van der Waals surface area contributed by atoms with Gasteiger partial charge in [-0.25, -0.2) is 4.39 Å². The van der Waals surface area contributed by atoms with Crippen LogP contribution in [-0.4, -0.2) is 23.9 Å². The van der Waals surface area contributed by atoms with Crippen molar-refractivity contribution >= 4 is 29.1 Å². The summed E-state index contributed by atoms with van der Waals surface area (Å²) in [6, 6.07) is 3.15. The molecule has 0 saturated carbocycles. The van der Waals surface area contributed by atoms with Crippen molar-refractivity contribution in [2.45, 2.75) is 39.5 Å². The van der Waals surface area contributed by atoms with Gasteiger partial charge in [0, 0.05) is 24.4 Å². The minimum absolute atomic E-state index is 0.0427. The molecule has 0 spiro atoms. The van der Waals surface area contributed by atoms with Crippen LogP contribution in [0.15, 0.2) is 12.1 Å². The van der Waals surface area contributed by atoms with Gasteiger partial charge in [-0.3, -0.25) is 4.79 Å². The average Bonchev–Trinajstić information content (AvgIpc) is 2.42. The van der Waals surface area contributed by atoms with Crippen LogP contribution in [0.5, 0.6) is 0 Å². The normalized spacial score (nSPS) is 19.7. The van der Waals surface area contributed by atoms with Crippen LogP contribution in [0.2, 0.25) is 10.0 Å². The Bertz CT molecular complexity index is 531. The topological polar surface area (TPSA) is 20.3 Å². The minimum atomic E-state index is -0.501. The number of amides is 1. The van der Waals surface area contributed by atoms with Crippen LogP contribution in [0, 0.1) is 11.2 Å². The van der Waals surface area contributed by atoms with Crippen molar-refractivity contribution in [2.24, 2.45) is 5.41 Å². The fourth-order valence-electron chi connectivity index (χ4n) is 2.72. The van der Waals surface area contributed by atoms with E-state index in [1.165, 1.54) is 6.07 Å². The third kappa shape index (κ3) is 3.70. The zero-order chi connectivity index (χ0) is 15.8. The first-order valence-corrected chi connectivity index (χ1v) is 7.89. The number of nitrogens with zero attached hydrogens (tertiary/aromatic N) is 1. The van der Waals surface area contributed by atoms with Crippen LogP contribution in [0.25, 0.3) is 0 Å². The number of halogens is 3. The molecule has 1 atom stereocenters. The molecule has 0 N–H and O–H groups in total. The SMILES string of the molecule is CC(C)(C)C(=O)N1CCCC(c2cc(F)c(Cl)c(Cl)c2)C1. The van der Waals surface area contributed by atoms with Gasteiger partial charge in [-0.05, 0) is 30.5 Å². The number of hydrogen-bond acceptors (Lipinski definition) is 1. The summed E-state index contributed by atoms with van der Waals surface area (Å²) in [7, 11) is 0. The van der Waals surface area contributed by atoms with E-state index >= 15 is 0 Å². The van der Waals surface area contributed by atoms with Crippen LogP contribution < -0.4 is 0 Å². The number of likely N-dealkylation sites (tertiary alicyclic amines) is 1. The maximum atomic E-state index is 13.7. The Labute approximate surface area is 135 Å². The molecule has 1 aliphatic heterocycles. The lowest BCUT2D eigenvalue weighted by atomic mass is 9.88. The van der Waals surface area contributed by atoms with E-state index in [4.69, 9.17) is 23.2 Å². The highest BCUT2D eigenvalue weighted by Crippen LogP contribution is 2.34. The monoisotopic (exact) mass is 331 g/mol. The van der Waals surface area contributed by atoms with Gasteiger partial charge in [0.25, 0.3) is 0 Å². The van der Waals surface area contributed by atoms with E-state index in [1.807, 2.05) is 25.7 Å². The average molecular weight is 332 g/mol. The van der Waals surface area contributed by atoms with E-state index in [2.05, 4.69) is 0 Å². The molecule has 5 heteroatoms. The largest absolute Gasteiger partial charge is 0.342 e. The molecule has 0 aromatic heterocycles. The molecule has 1 fully saturated rings. The number of hydrogen-bond donors (Lipinski definition) is 0. The molecule has 21 heavy (non-hydrogen) atoms. The fourth-order valence-corrected chi connectivity index (χ4v) is 3.04. The van der Waals surface area contributed by atoms with Crippen LogP contribution in [0.3, 0.4) is 0 Å². The second-order valence-electron chi connectivity index (χ2n) is 6.64. The zero-order valence-electron chi connectivity index (χ0n) is 12.5. The Morgan fingerprint density at radius 1 is 1.33 bits per heavy atom. The molecule has 2 rings (SSSR count). The van der Waals surface area contributed by atoms with Crippen molar-refractivity contribution in [2.75, 3.05) is 13.1 Å². The van der Waals surface area contributed by atoms with E-state index in [9.17, 15) is 9.18 Å². The van der Waals surface area contributed by atoms with Crippen LogP contribution in [0.1, 0.15) is 45.1 Å². The van der Waals surface area contributed by atoms with Crippen LogP contribution in [0.4, 0.5) is 4.39 Å². The van der Waals surface area contributed by atoms with E-state index in [0.717, 1.165) is 24.9 Å².